The number of unbranched alkanes of at least 4 members (excludes halogenated alkanes) is 2. The van der Waals surface area contributed by atoms with Crippen LogP contribution in [0.3, 0.4) is 0 Å². The van der Waals surface area contributed by atoms with Gasteiger partial charge in [-0.3, -0.25) is 0 Å². The molecule has 0 saturated heterocycles. The normalized spacial score (nSPS) is 10.3. The minimum atomic E-state index is 0.535. The summed E-state index contributed by atoms with van der Waals surface area (Å²) in [7, 11) is 1.68. The van der Waals surface area contributed by atoms with Gasteiger partial charge in [0.15, 0.2) is 5.05 Å². The van der Waals surface area contributed by atoms with E-state index in [2.05, 4.69) is 26.0 Å². The van der Waals surface area contributed by atoms with Crippen molar-refractivity contribution >= 4 is 17.3 Å². The van der Waals surface area contributed by atoms with Crippen molar-refractivity contribution in [2.45, 2.75) is 46.0 Å². The third kappa shape index (κ3) is 5.19. The average Bonchev–Trinajstić information content (AvgIpc) is 2.44. The second-order valence-electron chi connectivity index (χ2n) is 4.63. The van der Waals surface area contributed by atoms with Crippen LogP contribution in [0.25, 0.3) is 0 Å². The van der Waals surface area contributed by atoms with Crippen molar-refractivity contribution in [3.05, 3.63) is 29.3 Å². The Morgan fingerprint density at radius 2 is 1.89 bits per heavy atom. The number of methoxy groups -OCH3 is 1. The zero-order chi connectivity index (χ0) is 14.1. The highest BCUT2D eigenvalue weighted by atomic mass is 32.1. The van der Waals surface area contributed by atoms with E-state index in [1.165, 1.54) is 18.4 Å². The Balaban J connectivity index is 2.74. The highest BCUT2D eigenvalue weighted by Crippen LogP contribution is 2.23. The molecule has 0 atom stereocenters. The molecule has 0 amide bonds. The van der Waals surface area contributed by atoms with Gasteiger partial charge in [-0.25, -0.2) is 0 Å². The summed E-state index contributed by atoms with van der Waals surface area (Å²) in [5.41, 5.74) is 2.17. The van der Waals surface area contributed by atoms with Crippen molar-refractivity contribution in [3.8, 4) is 5.75 Å². The Hall–Kier alpha value is -1.09. The molecule has 1 rings (SSSR count). The molecule has 0 aliphatic rings. The number of aryl methyl sites for hydroxylation is 1. The van der Waals surface area contributed by atoms with Gasteiger partial charge >= 0.3 is 0 Å². The lowest BCUT2D eigenvalue weighted by Gasteiger charge is -2.12. The predicted octanol–water partition coefficient (Wildman–Crippen LogP) is 4.53. The molecule has 1 aromatic rings. The van der Waals surface area contributed by atoms with E-state index in [0.29, 0.717) is 11.7 Å². The molecule has 0 N–H and O–H groups in total. The van der Waals surface area contributed by atoms with Crippen molar-refractivity contribution in [2.24, 2.45) is 0 Å². The average molecular weight is 280 g/mol. The lowest BCUT2D eigenvalue weighted by molar-refractivity contribution is 0.304. The van der Waals surface area contributed by atoms with Gasteiger partial charge in [0.2, 0.25) is 0 Å². The third-order valence-corrected chi connectivity index (χ3v) is 3.37. The molecule has 0 spiro atoms. The van der Waals surface area contributed by atoms with Crippen LogP contribution >= 0.6 is 12.2 Å². The van der Waals surface area contributed by atoms with Gasteiger partial charge in [0.05, 0.1) is 19.3 Å². The number of benzene rings is 1. The molecule has 3 heteroatoms. The fourth-order valence-electron chi connectivity index (χ4n) is 1.83. The second kappa shape index (κ2) is 8.92. The molecule has 0 heterocycles. The molecule has 2 nitrogen and oxygen atoms in total. The molecule has 106 valence electrons. The fraction of sp³-hybridized carbons (Fsp3) is 0.562. The monoisotopic (exact) mass is 280 g/mol. The van der Waals surface area contributed by atoms with Crippen LogP contribution in [-0.2, 0) is 11.2 Å². The summed E-state index contributed by atoms with van der Waals surface area (Å²) in [6.07, 6.45) is 5.60. The standard InChI is InChI=1S/C16H24O2S/c1-4-6-8-13-9-10-14(15(12-13)17-3)16(19)18-11-7-5-2/h9-10,12H,4-8,11H2,1-3H3. The van der Waals surface area contributed by atoms with Crippen LogP contribution in [-0.4, -0.2) is 18.8 Å². The van der Waals surface area contributed by atoms with E-state index in [-0.39, 0.29) is 0 Å². The van der Waals surface area contributed by atoms with E-state index in [0.717, 1.165) is 30.6 Å². The Labute approximate surface area is 122 Å². The Bertz CT molecular complexity index is 402. The lowest BCUT2D eigenvalue weighted by atomic mass is 10.1. The molecule has 0 saturated carbocycles. The molecule has 0 bridgehead atoms. The second-order valence-corrected chi connectivity index (χ2v) is 5.00. The molecule has 19 heavy (non-hydrogen) atoms. The molecule has 1 aromatic carbocycles. The molecule has 0 aromatic heterocycles. The van der Waals surface area contributed by atoms with Crippen LogP contribution in [0.1, 0.15) is 50.7 Å². The number of hydrogen-bond acceptors (Lipinski definition) is 3. The number of ether oxygens (including phenoxy) is 2. The first-order chi connectivity index (χ1) is 9.22. The van der Waals surface area contributed by atoms with Gasteiger partial charge in [0.25, 0.3) is 0 Å². The lowest BCUT2D eigenvalue weighted by Crippen LogP contribution is -2.07. The van der Waals surface area contributed by atoms with E-state index in [1.807, 2.05) is 6.07 Å². The van der Waals surface area contributed by atoms with E-state index in [4.69, 9.17) is 21.7 Å². The van der Waals surface area contributed by atoms with Crippen LogP contribution in [0.4, 0.5) is 0 Å². The van der Waals surface area contributed by atoms with Gasteiger partial charge in [-0.05, 0) is 49.2 Å². The van der Waals surface area contributed by atoms with Gasteiger partial charge in [-0.2, -0.15) is 0 Å². The fourth-order valence-corrected chi connectivity index (χ4v) is 2.08. The molecular weight excluding hydrogens is 256 g/mol. The summed E-state index contributed by atoms with van der Waals surface area (Å²) >= 11 is 5.32. The maximum atomic E-state index is 5.58. The van der Waals surface area contributed by atoms with Gasteiger partial charge in [0.1, 0.15) is 5.75 Å². The van der Waals surface area contributed by atoms with Crippen LogP contribution < -0.4 is 4.74 Å². The van der Waals surface area contributed by atoms with Gasteiger partial charge in [-0.1, -0.05) is 32.8 Å². The van der Waals surface area contributed by atoms with Crippen molar-refractivity contribution < 1.29 is 9.47 Å². The summed E-state index contributed by atoms with van der Waals surface area (Å²) < 4.78 is 11.0. The molecule has 0 aliphatic heterocycles. The van der Waals surface area contributed by atoms with E-state index in [1.54, 1.807) is 7.11 Å². The molecule has 0 aliphatic carbocycles. The van der Waals surface area contributed by atoms with Crippen molar-refractivity contribution in [1.29, 1.82) is 0 Å². The first kappa shape index (κ1) is 16.0. The van der Waals surface area contributed by atoms with Gasteiger partial charge in [-0.15, -0.1) is 0 Å². The third-order valence-electron chi connectivity index (χ3n) is 3.04. The molecular formula is C16H24O2S. The summed E-state index contributed by atoms with van der Waals surface area (Å²) in [6.45, 7) is 5.01. The van der Waals surface area contributed by atoms with Gasteiger partial charge in [0, 0.05) is 0 Å². The summed E-state index contributed by atoms with van der Waals surface area (Å²) in [5, 5.41) is 0.535. The van der Waals surface area contributed by atoms with Crippen LogP contribution in [0.15, 0.2) is 18.2 Å². The highest BCUT2D eigenvalue weighted by Gasteiger charge is 2.10. The van der Waals surface area contributed by atoms with Crippen LogP contribution in [0, 0.1) is 0 Å². The predicted molar refractivity (Wildman–Crippen MR) is 84.2 cm³/mol. The van der Waals surface area contributed by atoms with Crippen molar-refractivity contribution in [1.82, 2.24) is 0 Å². The number of rotatable bonds is 8. The highest BCUT2D eigenvalue weighted by molar-refractivity contribution is 7.80. The van der Waals surface area contributed by atoms with E-state index < -0.39 is 0 Å². The van der Waals surface area contributed by atoms with Crippen LogP contribution in [0.5, 0.6) is 5.75 Å². The summed E-state index contributed by atoms with van der Waals surface area (Å²) in [6, 6.07) is 6.20. The zero-order valence-corrected chi connectivity index (χ0v) is 13.0. The Kier molecular flexibility index (Phi) is 7.49. The molecule has 0 fully saturated rings. The molecule has 0 unspecified atom stereocenters. The number of hydrogen-bond donors (Lipinski definition) is 0. The smallest absolute Gasteiger partial charge is 0.194 e. The Morgan fingerprint density at radius 1 is 1.16 bits per heavy atom. The van der Waals surface area contributed by atoms with Crippen molar-refractivity contribution in [3.63, 3.8) is 0 Å². The SMILES string of the molecule is CCCCOC(=S)c1ccc(CCCC)cc1OC. The topological polar surface area (TPSA) is 18.5 Å². The minimum Gasteiger partial charge on any atom is -0.496 e. The quantitative estimate of drug-likeness (QED) is 0.515. The van der Waals surface area contributed by atoms with E-state index in [9.17, 15) is 0 Å². The Morgan fingerprint density at radius 3 is 2.53 bits per heavy atom. The number of thiocarbonyl (C=S) groups is 1. The minimum absolute atomic E-state index is 0.535. The zero-order valence-electron chi connectivity index (χ0n) is 12.2. The first-order valence-electron chi connectivity index (χ1n) is 7.07. The maximum absolute atomic E-state index is 5.58. The first-order valence-corrected chi connectivity index (χ1v) is 7.47. The largest absolute Gasteiger partial charge is 0.496 e. The molecule has 0 radical (unpaired) electrons. The maximum Gasteiger partial charge on any atom is 0.194 e. The summed E-state index contributed by atoms with van der Waals surface area (Å²) in [4.78, 5) is 0. The summed E-state index contributed by atoms with van der Waals surface area (Å²) in [5.74, 6) is 0.815. The van der Waals surface area contributed by atoms with Gasteiger partial charge < -0.3 is 9.47 Å². The van der Waals surface area contributed by atoms with E-state index >= 15 is 0 Å². The van der Waals surface area contributed by atoms with Crippen molar-refractivity contribution in [2.75, 3.05) is 13.7 Å². The van der Waals surface area contributed by atoms with Crippen LogP contribution in [0.2, 0.25) is 0 Å².